The van der Waals surface area contributed by atoms with Crippen molar-refractivity contribution in [1.29, 1.82) is 0 Å². The molecule has 7 rings (SSSR count). The fraction of sp³-hybridized carbons (Fsp3) is 0.220. The fourth-order valence-corrected chi connectivity index (χ4v) is 6.41. The predicted molar refractivity (Wildman–Crippen MR) is 190 cm³/mol. The van der Waals surface area contributed by atoms with Crippen LogP contribution < -0.4 is 14.8 Å². The quantitative estimate of drug-likeness (QED) is 0.186. The molecule has 0 fully saturated rings. The van der Waals surface area contributed by atoms with Crippen molar-refractivity contribution >= 4 is 22.8 Å². The van der Waals surface area contributed by atoms with Crippen LogP contribution >= 0.6 is 0 Å². The molecule has 0 spiro atoms. The van der Waals surface area contributed by atoms with Crippen molar-refractivity contribution in [3.63, 3.8) is 0 Å². The molecule has 2 unspecified atom stereocenters. The lowest BCUT2D eigenvalue weighted by atomic mass is 9.86. The molecule has 0 amide bonds. The van der Waals surface area contributed by atoms with Crippen LogP contribution in [0.5, 0.6) is 5.75 Å². The van der Waals surface area contributed by atoms with Gasteiger partial charge < -0.3 is 4.74 Å². The number of nitrogens with zero attached hydrogens (tertiary/aromatic N) is 4. The minimum absolute atomic E-state index is 0.104. The molecule has 2 aliphatic heterocycles. The van der Waals surface area contributed by atoms with E-state index in [0.29, 0.717) is 0 Å². The average molecular weight is 605 g/mol. The maximum absolute atomic E-state index is 5.41. The van der Waals surface area contributed by atoms with Crippen LogP contribution in [-0.4, -0.2) is 18.5 Å². The lowest BCUT2D eigenvalue weighted by Gasteiger charge is -2.25. The van der Waals surface area contributed by atoms with Crippen molar-refractivity contribution < 1.29 is 4.74 Å². The summed E-state index contributed by atoms with van der Waals surface area (Å²) < 4.78 is 5.41. The molecule has 0 N–H and O–H groups in total. The van der Waals surface area contributed by atoms with E-state index in [-0.39, 0.29) is 17.5 Å². The topological polar surface area (TPSA) is 40.4 Å². The number of ether oxygens (including phenoxy) is 1. The third-order valence-electron chi connectivity index (χ3n) is 9.08. The zero-order valence-corrected chi connectivity index (χ0v) is 27.0. The molecule has 0 aromatic heterocycles. The molecule has 2 atom stereocenters. The summed E-state index contributed by atoms with van der Waals surface area (Å²) >= 11 is 0. The van der Waals surface area contributed by atoms with E-state index in [0.717, 1.165) is 52.5 Å². The predicted octanol–water partition coefficient (Wildman–Crippen LogP) is 9.70. The summed E-state index contributed by atoms with van der Waals surface area (Å²) in [4.78, 5) is 0. The van der Waals surface area contributed by atoms with E-state index in [4.69, 9.17) is 14.9 Å². The van der Waals surface area contributed by atoms with E-state index in [1.807, 2.05) is 18.2 Å². The van der Waals surface area contributed by atoms with E-state index in [9.17, 15) is 0 Å². The Balaban J connectivity index is 1.16. The van der Waals surface area contributed by atoms with E-state index >= 15 is 0 Å². The zero-order valence-electron chi connectivity index (χ0n) is 27.0. The van der Waals surface area contributed by atoms with Crippen LogP contribution in [0, 0.1) is 0 Å². The van der Waals surface area contributed by atoms with E-state index < -0.39 is 0 Å². The monoisotopic (exact) mass is 604 g/mol. The maximum Gasteiger partial charge on any atom is 0.118 e. The molecule has 0 saturated heterocycles. The van der Waals surface area contributed by atoms with Crippen molar-refractivity contribution in [3.8, 4) is 5.75 Å². The Bertz CT molecular complexity index is 1840. The summed E-state index contributed by atoms with van der Waals surface area (Å²) in [6.07, 6.45) is 1.65. The lowest BCUT2D eigenvalue weighted by molar-refractivity contribution is 0.414. The van der Waals surface area contributed by atoms with Crippen LogP contribution in [0.15, 0.2) is 144 Å². The van der Waals surface area contributed by atoms with Crippen LogP contribution in [0.25, 0.3) is 0 Å². The first kappa shape index (κ1) is 29.5. The van der Waals surface area contributed by atoms with E-state index in [1.165, 1.54) is 16.7 Å². The molecular formula is C41H40N4O. The second-order valence-corrected chi connectivity index (χ2v) is 13.1. The standard InChI is InChI=1S/C41H40N4O/c1-41(2,3)33-23-19-31(20-24-33)39-27-37(42-44(39)34-11-7-5-8-12-34)29-15-17-30(18-16-29)38-28-40(32-21-25-36(46-4)26-22-32)45(43-38)35-13-9-6-10-14-35/h5-26,39-40H,27-28H2,1-4H3. The van der Waals surface area contributed by atoms with Gasteiger partial charge in [0.1, 0.15) is 5.75 Å². The number of para-hydroxylation sites is 2. The molecule has 5 aromatic rings. The molecule has 0 radical (unpaired) electrons. The summed E-state index contributed by atoms with van der Waals surface area (Å²) in [5, 5.41) is 14.7. The smallest absolute Gasteiger partial charge is 0.118 e. The number of hydrogen-bond donors (Lipinski definition) is 0. The number of hydrazone groups is 2. The van der Waals surface area contributed by atoms with Gasteiger partial charge in [-0.15, -0.1) is 0 Å². The molecule has 2 aliphatic rings. The number of benzene rings is 5. The molecular weight excluding hydrogens is 564 g/mol. The molecule has 0 aliphatic carbocycles. The molecule has 2 heterocycles. The first-order chi connectivity index (χ1) is 22.4. The van der Waals surface area contributed by atoms with Gasteiger partial charge in [-0.1, -0.05) is 118 Å². The first-order valence-corrected chi connectivity index (χ1v) is 16.1. The summed E-state index contributed by atoms with van der Waals surface area (Å²) in [5.74, 6) is 0.856. The molecule has 46 heavy (non-hydrogen) atoms. The van der Waals surface area contributed by atoms with Gasteiger partial charge in [0, 0.05) is 12.8 Å². The highest BCUT2D eigenvalue weighted by molar-refractivity contribution is 6.06. The van der Waals surface area contributed by atoms with Crippen LogP contribution in [-0.2, 0) is 5.41 Å². The Hall–Kier alpha value is -5.16. The van der Waals surface area contributed by atoms with Crippen LogP contribution in [0.2, 0.25) is 0 Å². The Kier molecular flexibility index (Phi) is 7.91. The van der Waals surface area contributed by atoms with Crippen LogP contribution in [0.3, 0.4) is 0 Å². The van der Waals surface area contributed by atoms with Crippen LogP contribution in [0.1, 0.15) is 73.5 Å². The van der Waals surface area contributed by atoms with Gasteiger partial charge in [0.15, 0.2) is 0 Å². The number of anilines is 2. The zero-order chi connectivity index (χ0) is 31.7. The van der Waals surface area contributed by atoms with Crippen molar-refractivity contribution in [3.05, 3.63) is 161 Å². The second-order valence-electron chi connectivity index (χ2n) is 13.1. The largest absolute Gasteiger partial charge is 0.497 e. The first-order valence-electron chi connectivity index (χ1n) is 16.1. The Morgan fingerprint density at radius 1 is 0.543 bits per heavy atom. The Morgan fingerprint density at radius 3 is 1.35 bits per heavy atom. The van der Waals surface area contributed by atoms with Gasteiger partial charge >= 0.3 is 0 Å². The molecule has 230 valence electrons. The Morgan fingerprint density at radius 2 is 0.957 bits per heavy atom. The molecule has 5 aromatic carbocycles. The highest BCUT2D eigenvalue weighted by Gasteiger charge is 2.32. The third-order valence-corrected chi connectivity index (χ3v) is 9.08. The number of methoxy groups -OCH3 is 1. The van der Waals surface area contributed by atoms with E-state index in [1.54, 1.807) is 7.11 Å². The van der Waals surface area contributed by atoms with Gasteiger partial charge in [-0.2, -0.15) is 10.2 Å². The molecule has 5 nitrogen and oxygen atoms in total. The SMILES string of the molecule is COc1ccc(C2CC(c3ccc(C4=NN(c5ccccc5)C(c5ccc(C(C)(C)C)cc5)C4)cc3)=NN2c2ccccc2)cc1. The molecule has 0 saturated carbocycles. The third kappa shape index (κ3) is 5.93. The Labute approximate surface area is 272 Å². The minimum Gasteiger partial charge on any atom is -0.497 e. The van der Waals surface area contributed by atoms with Crippen molar-refractivity contribution in [2.24, 2.45) is 10.2 Å². The summed E-state index contributed by atoms with van der Waals surface area (Å²) in [6, 6.07) is 47.4. The van der Waals surface area contributed by atoms with Gasteiger partial charge in [-0.25, -0.2) is 0 Å². The summed E-state index contributed by atoms with van der Waals surface area (Å²) in [5.41, 5.74) is 10.6. The van der Waals surface area contributed by atoms with Crippen molar-refractivity contribution in [2.45, 2.75) is 51.1 Å². The van der Waals surface area contributed by atoms with E-state index in [2.05, 4.69) is 146 Å². The van der Waals surface area contributed by atoms with Gasteiger partial charge in [-0.3, -0.25) is 10.0 Å². The molecule has 5 heteroatoms. The maximum atomic E-state index is 5.41. The van der Waals surface area contributed by atoms with Gasteiger partial charge in [0.05, 0.1) is 42.0 Å². The highest BCUT2D eigenvalue weighted by atomic mass is 16.5. The van der Waals surface area contributed by atoms with Gasteiger partial charge in [0.25, 0.3) is 0 Å². The summed E-state index contributed by atoms with van der Waals surface area (Å²) in [7, 11) is 1.70. The van der Waals surface area contributed by atoms with Crippen molar-refractivity contribution in [1.82, 2.24) is 0 Å². The van der Waals surface area contributed by atoms with Crippen LogP contribution in [0.4, 0.5) is 11.4 Å². The normalized spacial score (nSPS) is 18.0. The van der Waals surface area contributed by atoms with Crippen molar-refractivity contribution in [2.75, 3.05) is 17.1 Å². The highest BCUT2D eigenvalue weighted by Crippen LogP contribution is 2.39. The van der Waals surface area contributed by atoms with Gasteiger partial charge in [0.2, 0.25) is 0 Å². The molecule has 0 bridgehead atoms. The lowest BCUT2D eigenvalue weighted by Crippen LogP contribution is -2.19. The minimum atomic E-state index is 0.104. The average Bonchev–Trinajstić information content (AvgIpc) is 3.75. The summed E-state index contributed by atoms with van der Waals surface area (Å²) in [6.45, 7) is 6.77. The fourth-order valence-electron chi connectivity index (χ4n) is 6.41. The van der Waals surface area contributed by atoms with Gasteiger partial charge in [-0.05, 0) is 69.6 Å². The number of rotatable bonds is 7. The number of hydrogen-bond acceptors (Lipinski definition) is 5. The second kappa shape index (κ2) is 12.3.